The smallest absolute Gasteiger partial charge is 0.270 e. The van der Waals surface area contributed by atoms with Crippen LogP contribution in [0.5, 0.6) is 0 Å². The lowest BCUT2D eigenvalue weighted by atomic mass is 10.0. The zero-order valence-electron chi connectivity index (χ0n) is 28.0. The molecule has 0 aliphatic carbocycles. The molecule has 0 spiro atoms. The minimum absolute atomic E-state index is 0.0166. The summed E-state index contributed by atoms with van der Waals surface area (Å²) in [5.41, 5.74) is 23.2. The van der Waals surface area contributed by atoms with E-state index in [2.05, 4.69) is 47.5 Å². The normalized spacial score (nSPS) is 25.0. The highest BCUT2D eigenvalue weighted by molar-refractivity contribution is 6.42. The number of hydrogen-bond acceptors (Lipinski definition) is 14. The van der Waals surface area contributed by atoms with Gasteiger partial charge in [-0.25, -0.2) is 0 Å². The van der Waals surface area contributed by atoms with Crippen molar-refractivity contribution in [2.24, 2.45) is 27.9 Å². The van der Waals surface area contributed by atoms with Crippen molar-refractivity contribution in [1.82, 2.24) is 37.2 Å². The molecule has 6 atom stereocenters. The Kier molecular flexibility index (Phi) is 16.3. The van der Waals surface area contributed by atoms with Crippen molar-refractivity contribution in [3.8, 4) is 0 Å². The first-order valence-electron chi connectivity index (χ1n) is 16.3. The van der Waals surface area contributed by atoms with Gasteiger partial charge >= 0.3 is 0 Å². The molecule has 3 rings (SSSR count). The van der Waals surface area contributed by atoms with Crippen molar-refractivity contribution in [1.29, 1.82) is 0 Å². The van der Waals surface area contributed by atoms with Crippen LogP contribution in [0.4, 0.5) is 5.69 Å². The predicted octanol–water partition coefficient (Wildman–Crippen LogP) is -4.48. The molecule has 22 heteroatoms. The highest BCUT2D eigenvalue weighted by Gasteiger charge is 2.35. The van der Waals surface area contributed by atoms with Crippen molar-refractivity contribution in [2.45, 2.75) is 61.9 Å². The van der Waals surface area contributed by atoms with E-state index in [-0.39, 0.29) is 35.4 Å². The number of hydrogen-bond donors (Lipinski definition) is 13. The van der Waals surface area contributed by atoms with Crippen LogP contribution in [-0.4, -0.2) is 116 Å². The number of halogens is 2. The van der Waals surface area contributed by atoms with Gasteiger partial charge in [0.15, 0.2) is 5.96 Å². The third-order valence-corrected chi connectivity index (χ3v) is 8.58. The Morgan fingerprint density at radius 3 is 2.42 bits per heavy atom. The van der Waals surface area contributed by atoms with Gasteiger partial charge in [0.2, 0.25) is 29.5 Å². The fourth-order valence-corrected chi connectivity index (χ4v) is 5.24. The van der Waals surface area contributed by atoms with Gasteiger partial charge in [-0.3, -0.25) is 33.8 Å². The molecule has 2 heterocycles. The van der Waals surface area contributed by atoms with E-state index in [1.807, 2.05) is 0 Å². The standard InChI is InChI=1S/C30H45Cl2N13O7/c31-16-4-3-15(9-17(16)32)38-11-20-27(50)45-24(19-5-7-37-30(36)44-19)29(52)40-10-18(35)25(48)43-22(13-46)28(51)42-21(26(49)41-20)12-39-23(47)8-14(34)2-1-6-33/h3-4,9,11,14,18-19,21-22,24,38,46H,1-2,5-8,10,12-13,33-35H2,(H,39,47)(H,40,52)(H,41,49)(H,42,51)(H,43,48)(H,45,50)(H3,36,37,44)/b20-11-/t14-,18?,19?,21-,22-,24-/m0/s1. The van der Waals surface area contributed by atoms with Crippen LogP contribution < -0.4 is 65.5 Å². The molecule has 2 unspecified atom stereocenters. The Balaban J connectivity index is 2.01. The zero-order chi connectivity index (χ0) is 38.4. The summed E-state index contributed by atoms with van der Waals surface area (Å²) in [5, 5.41) is 30.7. The molecule has 2 aliphatic heterocycles. The Labute approximate surface area is 309 Å². The Bertz CT molecular complexity index is 1550. The first-order valence-corrected chi connectivity index (χ1v) is 17.0. The van der Waals surface area contributed by atoms with Crippen molar-refractivity contribution < 1.29 is 33.9 Å². The number of aliphatic hydroxyl groups is 1. The maximum Gasteiger partial charge on any atom is 0.270 e. The van der Waals surface area contributed by atoms with Crippen molar-refractivity contribution in [2.75, 3.05) is 38.1 Å². The van der Waals surface area contributed by atoms with E-state index in [1.54, 1.807) is 0 Å². The zero-order valence-corrected chi connectivity index (χ0v) is 29.6. The second-order valence-corrected chi connectivity index (χ2v) is 12.7. The minimum atomic E-state index is -1.60. The number of nitrogens with zero attached hydrogens (tertiary/aromatic N) is 1. The molecule has 52 heavy (non-hydrogen) atoms. The van der Waals surface area contributed by atoms with E-state index < -0.39 is 97.1 Å². The van der Waals surface area contributed by atoms with Gasteiger partial charge < -0.3 is 70.6 Å². The average Bonchev–Trinajstić information content (AvgIpc) is 3.11. The number of benzene rings is 1. The number of nitrogens with two attached hydrogens (primary N) is 4. The van der Waals surface area contributed by atoms with E-state index in [0.717, 1.165) is 6.20 Å². The van der Waals surface area contributed by atoms with E-state index in [0.29, 0.717) is 25.1 Å². The molecule has 0 radical (unpaired) electrons. The van der Waals surface area contributed by atoms with Gasteiger partial charge in [0.05, 0.1) is 22.7 Å². The van der Waals surface area contributed by atoms with E-state index >= 15 is 0 Å². The van der Waals surface area contributed by atoms with Crippen molar-refractivity contribution in [3.05, 3.63) is 40.1 Å². The second-order valence-electron chi connectivity index (χ2n) is 11.9. The van der Waals surface area contributed by atoms with Gasteiger partial charge in [-0.05, 0) is 44.0 Å². The summed E-state index contributed by atoms with van der Waals surface area (Å²) in [6, 6.07) is -2.79. The van der Waals surface area contributed by atoms with Crippen LogP contribution >= 0.6 is 23.2 Å². The molecule has 0 aromatic heterocycles. The Hall–Kier alpha value is -4.73. The second kappa shape index (κ2) is 20.3. The predicted molar refractivity (Wildman–Crippen MR) is 192 cm³/mol. The molecule has 20 nitrogen and oxygen atoms in total. The fourth-order valence-electron chi connectivity index (χ4n) is 4.95. The largest absolute Gasteiger partial charge is 0.394 e. The summed E-state index contributed by atoms with van der Waals surface area (Å²) in [7, 11) is 0. The highest BCUT2D eigenvalue weighted by Crippen LogP contribution is 2.25. The summed E-state index contributed by atoms with van der Waals surface area (Å²) in [6.07, 6.45) is 2.29. The van der Waals surface area contributed by atoms with E-state index in [9.17, 15) is 33.9 Å². The molecule has 2 aliphatic rings. The van der Waals surface area contributed by atoms with Crippen LogP contribution in [-0.2, 0) is 28.8 Å². The molecule has 1 aromatic rings. The molecule has 6 amide bonds. The first kappa shape index (κ1) is 41.7. The first-order chi connectivity index (χ1) is 24.7. The number of aliphatic imine (C=N–C) groups is 1. The molecule has 0 saturated carbocycles. The van der Waals surface area contributed by atoms with Gasteiger partial charge in [-0.1, -0.05) is 23.2 Å². The number of amides is 6. The number of rotatable bonds is 11. The summed E-state index contributed by atoms with van der Waals surface area (Å²) < 4.78 is 0. The summed E-state index contributed by atoms with van der Waals surface area (Å²) in [5.74, 6) is -5.26. The van der Waals surface area contributed by atoms with Crippen LogP contribution in [0.25, 0.3) is 0 Å². The van der Waals surface area contributed by atoms with Gasteiger partial charge in [-0.2, -0.15) is 0 Å². The van der Waals surface area contributed by atoms with E-state index in [4.69, 9.17) is 46.1 Å². The Morgan fingerprint density at radius 2 is 1.75 bits per heavy atom. The molecule has 1 aromatic carbocycles. The third-order valence-electron chi connectivity index (χ3n) is 7.84. The van der Waals surface area contributed by atoms with Gasteiger partial charge in [-0.15, -0.1) is 0 Å². The third kappa shape index (κ3) is 12.8. The van der Waals surface area contributed by atoms with Crippen LogP contribution in [0.15, 0.2) is 35.1 Å². The number of carbonyl (C=O) groups excluding carboxylic acids is 6. The number of aliphatic hydroxyl groups excluding tert-OH is 1. The van der Waals surface area contributed by atoms with Gasteiger partial charge in [0.25, 0.3) is 5.91 Å². The molecule has 17 N–H and O–H groups in total. The van der Waals surface area contributed by atoms with E-state index in [1.165, 1.54) is 18.2 Å². The molecule has 1 saturated heterocycles. The van der Waals surface area contributed by atoms with Gasteiger partial charge in [0, 0.05) is 44.0 Å². The maximum atomic E-state index is 13.9. The van der Waals surface area contributed by atoms with Crippen molar-refractivity contribution >= 4 is 70.3 Å². The summed E-state index contributed by atoms with van der Waals surface area (Å²) in [4.78, 5) is 84.0. The molecular formula is C30H45Cl2N13O7. The van der Waals surface area contributed by atoms with Crippen LogP contribution in [0.3, 0.4) is 0 Å². The monoisotopic (exact) mass is 769 g/mol. The van der Waals surface area contributed by atoms with Gasteiger partial charge in [0.1, 0.15) is 29.9 Å². The lowest BCUT2D eigenvalue weighted by Crippen LogP contribution is -2.64. The lowest BCUT2D eigenvalue weighted by molar-refractivity contribution is -0.134. The number of guanidine groups is 1. The molecular weight excluding hydrogens is 725 g/mol. The molecule has 286 valence electrons. The summed E-state index contributed by atoms with van der Waals surface area (Å²) in [6.45, 7) is -1.25. The van der Waals surface area contributed by atoms with Crippen LogP contribution in [0.1, 0.15) is 25.7 Å². The average molecular weight is 771 g/mol. The fraction of sp³-hybridized carbons (Fsp3) is 0.500. The summed E-state index contributed by atoms with van der Waals surface area (Å²) >= 11 is 12.2. The lowest BCUT2D eigenvalue weighted by Gasteiger charge is -2.31. The molecule has 0 bridgehead atoms. The quantitative estimate of drug-likeness (QED) is 0.0946. The highest BCUT2D eigenvalue weighted by atomic mass is 35.5. The molecule has 1 fully saturated rings. The van der Waals surface area contributed by atoms with Crippen LogP contribution in [0, 0.1) is 0 Å². The topological polar surface area (TPSA) is 335 Å². The minimum Gasteiger partial charge on any atom is -0.394 e. The number of nitrogens with one attached hydrogen (secondary N) is 8. The maximum absolute atomic E-state index is 13.9. The number of carbonyl (C=O) groups is 6. The van der Waals surface area contributed by atoms with Crippen LogP contribution in [0.2, 0.25) is 10.0 Å². The SMILES string of the molecule is NCCC[C@H](N)CC(=O)NC[C@@H]1NC(=O)[C@H](CO)NC(=O)C(N)CNC(=O)[C@H](C2CCN=C(N)N2)NC(=O)/C(=C/Nc2ccc(Cl)c(Cl)c2)NC1=O. The Morgan fingerprint density at radius 1 is 1.02 bits per heavy atom. The number of anilines is 1. The van der Waals surface area contributed by atoms with Crippen molar-refractivity contribution in [3.63, 3.8) is 0 Å².